The molecule has 14 heteroatoms. The van der Waals surface area contributed by atoms with Crippen molar-refractivity contribution < 1.29 is 53.1 Å². The van der Waals surface area contributed by atoms with Gasteiger partial charge in [-0.2, -0.15) is 30.4 Å². The average Bonchev–Trinajstić information content (AvgIpc) is 3.06. The van der Waals surface area contributed by atoms with Gasteiger partial charge in [0.1, 0.15) is 5.75 Å². The molecule has 262 valence electrons. The molecule has 1 unspecified atom stereocenters. The SMILES string of the molecule is C=CC(=O)Oc1ccc(S(OS(=O)(=O)C(F)(F)C(OC(=O)C23CC4CC(CC(C4)C2)C3)C(F)(F)F)(c2ccccc2)c2ccccc2)cc1. The van der Waals surface area contributed by atoms with Crippen molar-refractivity contribution in [3.05, 3.63) is 97.6 Å². The summed E-state index contributed by atoms with van der Waals surface area (Å²) < 4.78 is 119. The van der Waals surface area contributed by atoms with Crippen molar-refractivity contribution in [1.29, 1.82) is 0 Å². The van der Waals surface area contributed by atoms with Gasteiger partial charge >= 0.3 is 33.5 Å². The molecule has 1 atom stereocenters. The fourth-order valence-electron chi connectivity index (χ4n) is 7.84. The lowest BCUT2D eigenvalue weighted by Crippen LogP contribution is -2.56. The Hall–Kier alpha value is -3.75. The number of hydrogen-bond acceptors (Lipinski definition) is 7. The first-order valence-corrected chi connectivity index (χ1v) is 18.6. The highest BCUT2D eigenvalue weighted by Crippen LogP contribution is 2.71. The number of rotatable bonds is 11. The Morgan fingerprint density at radius 2 is 1.20 bits per heavy atom. The van der Waals surface area contributed by atoms with E-state index in [4.69, 9.17) is 8.37 Å². The molecule has 0 aromatic heterocycles. The molecule has 3 aromatic carbocycles. The summed E-state index contributed by atoms with van der Waals surface area (Å²) in [6.07, 6.45) is -6.33. The van der Waals surface area contributed by atoms with Gasteiger partial charge in [0.25, 0.3) is 6.10 Å². The van der Waals surface area contributed by atoms with Crippen molar-refractivity contribution in [1.82, 2.24) is 0 Å². The Labute approximate surface area is 282 Å². The van der Waals surface area contributed by atoms with Gasteiger partial charge in [-0.25, -0.2) is 8.42 Å². The van der Waals surface area contributed by atoms with Crippen molar-refractivity contribution in [3.63, 3.8) is 0 Å². The summed E-state index contributed by atoms with van der Waals surface area (Å²) in [5, 5.41) is -5.77. The predicted octanol–water partition coefficient (Wildman–Crippen LogP) is 8.60. The van der Waals surface area contributed by atoms with Gasteiger partial charge < -0.3 is 9.47 Å². The summed E-state index contributed by atoms with van der Waals surface area (Å²) in [5.74, 6) is -2.06. The first kappa shape index (κ1) is 35.1. The highest BCUT2D eigenvalue weighted by Gasteiger charge is 2.69. The van der Waals surface area contributed by atoms with Crippen LogP contribution in [0.4, 0.5) is 22.0 Å². The van der Waals surface area contributed by atoms with Crippen LogP contribution in [0.2, 0.25) is 0 Å². The summed E-state index contributed by atoms with van der Waals surface area (Å²) in [7, 11) is -10.4. The maximum atomic E-state index is 16.3. The molecule has 4 aliphatic carbocycles. The highest BCUT2D eigenvalue weighted by atomic mass is 32.3. The second-order valence-electron chi connectivity index (χ2n) is 12.9. The Kier molecular flexibility index (Phi) is 9.20. The van der Waals surface area contributed by atoms with E-state index in [9.17, 15) is 31.2 Å². The van der Waals surface area contributed by atoms with Gasteiger partial charge in [0.2, 0.25) is 0 Å². The lowest BCUT2D eigenvalue weighted by Gasteiger charge is -2.55. The molecule has 4 aliphatic rings. The first-order chi connectivity index (χ1) is 23.1. The standard InChI is InChI=1S/C35H33F5O7S2/c1-2-30(41)45-26-13-15-29(16-14-26)48(27-9-5-3-6-10-27,28-11-7-4-8-12-28)47-49(43,44)35(39,40)31(34(36,37)38)46-32(42)33-20-23-17-24(21-33)19-25(18-23)22-33/h2-16,23-25,31H,1,17-22H2. The van der Waals surface area contributed by atoms with Crippen LogP contribution >= 0.6 is 10.3 Å². The Balaban J connectivity index is 1.43. The third-order valence-corrected chi connectivity index (χ3v) is 14.7. The number of ether oxygens (including phenoxy) is 2. The van der Waals surface area contributed by atoms with Gasteiger partial charge in [0, 0.05) is 20.8 Å². The Morgan fingerprint density at radius 3 is 1.63 bits per heavy atom. The van der Waals surface area contributed by atoms with Crippen LogP contribution in [0, 0.1) is 23.2 Å². The fraction of sp³-hybridized carbons (Fsp3) is 0.371. The molecule has 7 rings (SSSR count). The van der Waals surface area contributed by atoms with E-state index in [0.29, 0.717) is 0 Å². The third kappa shape index (κ3) is 6.50. The molecule has 4 saturated carbocycles. The largest absolute Gasteiger partial charge is 0.444 e. The Bertz CT molecular complexity index is 1740. The normalized spacial score (nSPS) is 24.6. The minimum Gasteiger partial charge on any atom is -0.444 e. The van der Waals surface area contributed by atoms with E-state index in [-0.39, 0.29) is 57.5 Å². The summed E-state index contributed by atoms with van der Waals surface area (Å²) >= 11 is 0. The molecule has 3 aromatic rings. The van der Waals surface area contributed by atoms with Crippen LogP contribution in [0.5, 0.6) is 5.75 Å². The maximum absolute atomic E-state index is 16.3. The van der Waals surface area contributed by atoms with Gasteiger partial charge in [0.05, 0.1) is 5.41 Å². The van der Waals surface area contributed by atoms with Crippen LogP contribution in [-0.2, 0) is 28.1 Å². The fourth-order valence-corrected chi connectivity index (χ4v) is 13.1. The summed E-state index contributed by atoms with van der Waals surface area (Å²) in [5.41, 5.74) is -1.38. The molecule has 0 spiro atoms. The van der Waals surface area contributed by atoms with Crippen LogP contribution in [0.1, 0.15) is 38.5 Å². The van der Waals surface area contributed by atoms with Crippen LogP contribution in [0.15, 0.2) is 112 Å². The van der Waals surface area contributed by atoms with E-state index in [1.165, 1.54) is 72.8 Å². The number of alkyl halides is 5. The molecule has 4 bridgehead atoms. The molecule has 0 aliphatic heterocycles. The van der Waals surface area contributed by atoms with Gasteiger partial charge in [-0.15, -0.1) is 0 Å². The van der Waals surface area contributed by atoms with Crippen LogP contribution in [0.25, 0.3) is 0 Å². The van der Waals surface area contributed by atoms with Crippen molar-refractivity contribution in [3.8, 4) is 5.75 Å². The van der Waals surface area contributed by atoms with Crippen molar-refractivity contribution >= 4 is 32.4 Å². The molecule has 0 heterocycles. The summed E-state index contributed by atoms with van der Waals surface area (Å²) in [6, 6.07) is 19.7. The zero-order chi connectivity index (χ0) is 35.2. The number of carbonyl (C=O) groups excluding carboxylic acids is 2. The minimum absolute atomic E-state index is 0.00927. The number of hydrogen-bond donors (Lipinski definition) is 0. The Morgan fingerprint density at radius 1 is 0.755 bits per heavy atom. The van der Waals surface area contributed by atoms with Gasteiger partial charge in [-0.1, -0.05) is 43.0 Å². The number of esters is 2. The lowest BCUT2D eigenvalue weighted by atomic mass is 9.49. The van der Waals surface area contributed by atoms with Crippen molar-refractivity contribution in [2.45, 2.75) is 70.7 Å². The minimum atomic E-state index is -6.57. The first-order valence-electron chi connectivity index (χ1n) is 15.6. The quantitative estimate of drug-likeness (QED) is 0.0846. The molecule has 0 radical (unpaired) electrons. The lowest BCUT2D eigenvalue weighted by molar-refractivity contribution is -0.266. The van der Waals surface area contributed by atoms with Crippen molar-refractivity contribution in [2.75, 3.05) is 0 Å². The van der Waals surface area contributed by atoms with Crippen LogP contribution in [-0.4, -0.2) is 37.9 Å². The maximum Gasteiger partial charge on any atom is 0.432 e. The molecule has 0 N–H and O–H groups in total. The van der Waals surface area contributed by atoms with Crippen LogP contribution < -0.4 is 4.74 Å². The summed E-state index contributed by atoms with van der Waals surface area (Å²) in [6.45, 7) is 3.31. The second kappa shape index (κ2) is 12.9. The molecular formula is C35H33F5O7S2. The molecule has 4 fully saturated rings. The topological polar surface area (TPSA) is 96.0 Å². The third-order valence-electron chi connectivity index (χ3n) is 9.51. The zero-order valence-electron chi connectivity index (χ0n) is 26.0. The monoisotopic (exact) mass is 724 g/mol. The molecular weight excluding hydrogens is 692 g/mol. The number of benzene rings is 3. The number of halogens is 5. The predicted molar refractivity (Wildman–Crippen MR) is 169 cm³/mol. The number of carbonyl (C=O) groups is 2. The van der Waals surface area contributed by atoms with Gasteiger partial charge in [-0.3, -0.25) is 4.79 Å². The van der Waals surface area contributed by atoms with Crippen LogP contribution in [0.3, 0.4) is 0 Å². The van der Waals surface area contributed by atoms with E-state index in [1.54, 1.807) is 12.1 Å². The molecule has 7 nitrogen and oxygen atoms in total. The van der Waals surface area contributed by atoms with E-state index in [1.807, 2.05) is 0 Å². The highest BCUT2D eigenvalue weighted by molar-refractivity contribution is 8.33. The second-order valence-corrected chi connectivity index (χ2v) is 17.4. The van der Waals surface area contributed by atoms with Gasteiger partial charge in [0.15, 0.2) is 0 Å². The van der Waals surface area contributed by atoms with Crippen molar-refractivity contribution in [2.24, 2.45) is 23.2 Å². The molecule has 49 heavy (non-hydrogen) atoms. The van der Waals surface area contributed by atoms with Gasteiger partial charge in [-0.05, 0) is 115 Å². The zero-order valence-corrected chi connectivity index (χ0v) is 27.6. The van der Waals surface area contributed by atoms with E-state index in [0.717, 1.165) is 25.3 Å². The van der Waals surface area contributed by atoms with E-state index in [2.05, 4.69) is 11.3 Å². The van der Waals surface area contributed by atoms with E-state index < -0.39 is 55.3 Å². The molecule has 0 amide bonds. The smallest absolute Gasteiger partial charge is 0.432 e. The molecule has 0 saturated heterocycles. The summed E-state index contributed by atoms with van der Waals surface area (Å²) in [4.78, 5) is 25.3. The van der Waals surface area contributed by atoms with E-state index >= 15 is 8.78 Å². The average molecular weight is 725 g/mol.